The predicted octanol–water partition coefficient (Wildman–Crippen LogP) is 1.34. The second-order valence-electron chi connectivity index (χ2n) is 6.01. The standard InChI is InChI=1S/C19H18FN3O4S/c20-14-4-1-3-13(11-14)12-28(26,27)10-7-15-16(18(22)24)5-2-6-17(15)19(25)23-9-8-21/h1-6,11H,7,9-10,12H2,(H2,22,24)(H,23,25). The van der Waals surface area contributed by atoms with Gasteiger partial charge in [-0.3, -0.25) is 9.59 Å². The van der Waals surface area contributed by atoms with Crippen molar-refractivity contribution in [1.82, 2.24) is 5.32 Å². The Labute approximate surface area is 161 Å². The number of nitrogens with zero attached hydrogens (tertiary/aromatic N) is 1. The monoisotopic (exact) mass is 403 g/mol. The number of primary amides is 1. The van der Waals surface area contributed by atoms with Gasteiger partial charge in [0.15, 0.2) is 9.84 Å². The largest absolute Gasteiger partial charge is 0.366 e. The van der Waals surface area contributed by atoms with Crippen molar-refractivity contribution in [2.75, 3.05) is 12.3 Å². The van der Waals surface area contributed by atoms with Crippen LogP contribution in [-0.2, 0) is 22.0 Å². The van der Waals surface area contributed by atoms with E-state index in [0.29, 0.717) is 5.56 Å². The van der Waals surface area contributed by atoms with Gasteiger partial charge in [-0.25, -0.2) is 12.8 Å². The van der Waals surface area contributed by atoms with E-state index in [-0.39, 0.29) is 41.2 Å². The molecule has 0 fully saturated rings. The minimum absolute atomic E-state index is 0.0329. The van der Waals surface area contributed by atoms with Gasteiger partial charge in [0.05, 0.1) is 17.6 Å². The van der Waals surface area contributed by atoms with Crippen LogP contribution in [0.25, 0.3) is 0 Å². The summed E-state index contributed by atoms with van der Waals surface area (Å²) in [7, 11) is -3.65. The van der Waals surface area contributed by atoms with Gasteiger partial charge in [-0.1, -0.05) is 18.2 Å². The number of nitrogens with one attached hydrogen (secondary N) is 1. The summed E-state index contributed by atoms with van der Waals surface area (Å²) in [5, 5.41) is 11.0. The van der Waals surface area contributed by atoms with E-state index >= 15 is 0 Å². The minimum atomic E-state index is -3.65. The maximum atomic E-state index is 13.3. The fraction of sp³-hybridized carbons (Fsp3) is 0.211. The highest BCUT2D eigenvalue weighted by Crippen LogP contribution is 2.18. The summed E-state index contributed by atoms with van der Waals surface area (Å²) >= 11 is 0. The summed E-state index contributed by atoms with van der Waals surface area (Å²) in [6.45, 7) is -0.239. The first-order chi connectivity index (χ1) is 13.2. The average Bonchev–Trinajstić information content (AvgIpc) is 2.63. The molecule has 7 nitrogen and oxygen atoms in total. The van der Waals surface area contributed by atoms with Crippen LogP contribution in [0.4, 0.5) is 4.39 Å². The maximum Gasteiger partial charge on any atom is 0.252 e. The van der Waals surface area contributed by atoms with Crippen molar-refractivity contribution in [1.29, 1.82) is 5.26 Å². The van der Waals surface area contributed by atoms with Crippen LogP contribution in [0.3, 0.4) is 0 Å². The number of rotatable bonds is 8. The van der Waals surface area contributed by atoms with E-state index < -0.39 is 27.5 Å². The highest BCUT2D eigenvalue weighted by Gasteiger charge is 2.20. The quantitative estimate of drug-likeness (QED) is 0.642. The lowest BCUT2D eigenvalue weighted by Gasteiger charge is -2.13. The molecule has 0 bridgehead atoms. The summed E-state index contributed by atoms with van der Waals surface area (Å²) < 4.78 is 38.1. The number of benzene rings is 2. The maximum absolute atomic E-state index is 13.3. The highest BCUT2D eigenvalue weighted by atomic mass is 32.2. The zero-order chi connectivity index (χ0) is 20.7. The first kappa shape index (κ1) is 21.1. The van der Waals surface area contributed by atoms with Gasteiger partial charge >= 0.3 is 0 Å². The van der Waals surface area contributed by atoms with E-state index in [1.165, 1.54) is 36.4 Å². The van der Waals surface area contributed by atoms with Crippen LogP contribution in [0, 0.1) is 17.1 Å². The molecular formula is C19H18FN3O4S. The number of hydrogen-bond acceptors (Lipinski definition) is 5. The topological polar surface area (TPSA) is 130 Å². The Bertz CT molecular complexity index is 1050. The van der Waals surface area contributed by atoms with Crippen LogP contribution in [0.2, 0.25) is 0 Å². The van der Waals surface area contributed by atoms with Crippen LogP contribution < -0.4 is 11.1 Å². The number of nitriles is 1. The fourth-order valence-corrected chi connectivity index (χ4v) is 4.07. The van der Waals surface area contributed by atoms with Gasteiger partial charge < -0.3 is 11.1 Å². The van der Waals surface area contributed by atoms with Gasteiger partial charge in [-0.05, 0) is 41.8 Å². The fourth-order valence-electron chi connectivity index (χ4n) is 2.73. The normalized spacial score (nSPS) is 10.9. The van der Waals surface area contributed by atoms with E-state index in [4.69, 9.17) is 11.0 Å². The third-order valence-electron chi connectivity index (χ3n) is 3.95. The molecule has 0 aliphatic carbocycles. The second kappa shape index (κ2) is 9.10. The molecular weight excluding hydrogens is 385 g/mol. The highest BCUT2D eigenvalue weighted by molar-refractivity contribution is 7.90. The molecule has 0 heterocycles. The molecule has 9 heteroatoms. The smallest absolute Gasteiger partial charge is 0.252 e. The molecule has 0 spiro atoms. The number of amides is 2. The third kappa shape index (κ3) is 5.62. The van der Waals surface area contributed by atoms with Gasteiger partial charge in [-0.2, -0.15) is 5.26 Å². The van der Waals surface area contributed by atoms with Crippen molar-refractivity contribution in [2.24, 2.45) is 5.73 Å². The van der Waals surface area contributed by atoms with Crippen molar-refractivity contribution >= 4 is 21.7 Å². The Morgan fingerprint density at radius 3 is 2.46 bits per heavy atom. The third-order valence-corrected chi connectivity index (χ3v) is 5.55. The molecule has 2 rings (SSSR count). The summed E-state index contributed by atoms with van der Waals surface area (Å²) in [6.07, 6.45) is -0.133. The number of sulfone groups is 1. The van der Waals surface area contributed by atoms with E-state index in [2.05, 4.69) is 5.32 Å². The molecule has 0 radical (unpaired) electrons. The molecule has 0 saturated carbocycles. The van der Waals surface area contributed by atoms with E-state index in [9.17, 15) is 22.4 Å². The van der Waals surface area contributed by atoms with E-state index in [1.54, 1.807) is 6.07 Å². The number of hydrogen-bond donors (Lipinski definition) is 2. The molecule has 2 aromatic carbocycles. The predicted molar refractivity (Wildman–Crippen MR) is 101 cm³/mol. The van der Waals surface area contributed by atoms with Crippen molar-refractivity contribution in [3.05, 3.63) is 70.5 Å². The molecule has 0 atom stereocenters. The molecule has 28 heavy (non-hydrogen) atoms. The number of carbonyl (C=O) groups excluding carboxylic acids is 2. The Morgan fingerprint density at radius 2 is 1.82 bits per heavy atom. The molecule has 0 aromatic heterocycles. The first-order valence-corrected chi connectivity index (χ1v) is 10.1. The van der Waals surface area contributed by atoms with Crippen LogP contribution in [0.15, 0.2) is 42.5 Å². The lowest BCUT2D eigenvalue weighted by molar-refractivity contribution is 0.0957. The summed E-state index contributed by atoms with van der Waals surface area (Å²) in [4.78, 5) is 24.0. The number of nitrogens with two attached hydrogens (primary N) is 1. The van der Waals surface area contributed by atoms with Gasteiger partial charge in [0.1, 0.15) is 12.4 Å². The average molecular weight is 403 g/mol. The molecule has 2 aromatic rings. The second-order valence-corrected chi connectivity index (χ2v) is 8.19. The summed E-state index contributed by atoms with van der Waals surface area (Å²) in [5.41, 5.74) is 5.95. The molecule has 0 unspecified atom stereocenters. The van der Waals surface area contributed by atoms with Gasteiger partial charge in [0.2, 0.25) is 5.91 Å². The zero-order valence-corrected chi connectivity index (χ0v) is 15.6. The minimum Gasteiger partial charge on any atom is -0.366 e. The summed E-state index contributed by atoms with van der Waals surface area (Å²) in [5.74, 6) is -2.69. The number of halogens is 1. The number of carbonyl (C=O) groups is 2. The molecule has 0 aliphatic rings. The van der Waals surface area contributed by atoms with Crippen LogP contribution in [0.1, 0.15) is 31.8 Å². The van der Waals surface area contributed by atoms with Crippen molar-refractivity contribution < 1.29 is 22.4 Å². The summed E-state index contributed by atoms with van der Waals surface area (Å²) in [6, 6.07) is 11.3. The lowest BCUT2D eigenvalue weighted by Crippen LogP contribution is -2.27. The Hall–Kier alpha value is -3.25. The Balaban J connectivity index is 2.27. The molecule has 146 valence electrons. The van der Waals surface area contributed by atoms with Crippen LogP contribution >= 0.6 is 0 Å². The van der Waals surface area contributed by atoms with Gasteiger partial charge in [-0.15, -0.1) is 0 Å². The van der Waals surface area contributed by atoms with Crippen molar-refractivity contribution in [2.45, 2.75) is 12.2 Å². The van der Waals surface area contributed by atoms with E-state index in [1.807, 2.05) is 0 Å². The van der Waals surface area contributed by atoms with Crippen LogP contribution in [0.5, 0.6) is 0 Å². The molecule has 0 aliphatic heterocycles. The SMILES string of the molecule is N#CCNC(=O)c1cccc(C(N)=O)c1CCS(=O)(=O)Cc1cccc(F)c1. The van der Waals surface area contributed by atoms with Crippen molar-refractivity contribution in [3.63, 3.8) is 0 Å². The Morgan fingerprint density at radius 1 is 1.14 bits per heavy atom. The van der Waals surface area contributed by atoms with Crippen molar-refractivity contribution in [3.8, 4) is 6.07 Å². The molecule has 2 amide bonds. The zero-order valence-electron chi connectivity index (χ0n) is 14.8. The molecule has 3 N–H and O–H groups in total. The Kier molecular flexibility index (Phi) is 6.84. The van der Waals surface area contributed by atoms with Gasteiger partial charge in [0, 0.05) is 11.1 Å². The van der Waals surface area contributed by atoms with Gasteiger partial charge in [0.25, 0.3) is 5.91 Å². The molecule has 0 saturated heterocycles. The van der Waals surface area contributed by atoms with E-state index in [0.717, 1.165) is 6.07 Å². The lowest BCUT2D eigenvalue weighted by atomic mass is 9.97. The van der Waals surface area contributed by atoms with Crippen LogP contribution in [-0.4, -0.2) is 32.5 Å². The first-order valence-electron chi connectivity index (χ1n) is 8.25.